The zero-order chi connectivity index (χ0) is 28.3. The van der Waals surface area contributed by atoms with Crippen LogP contribution in [0.5, 0.6) is 0 Å². The van der Waals surface area contributed by atoms with E-state index in [0.717, 1.165) is 19.3 Å². The lowest BCUT2D eigenvalue weighted by atomic mass is 10.0. The predicted molar refractivity (Wildman–Crippen MR) is 161 cm³/mol. The van der Waals surface area contributed by atoms with Crippen LogP contribution < -0.4 is 15.4 Å². The van der Waals surface area contributed by atoms with Crippen LogP contribution in [0.25, 0.3) is 6.08 Å². The number of thiocarbonyl (C=S) groups is 1. The fourth-order valence-corrected chi connectivity index (χ4v) is 6.49. The fraction of sp³-hybridized carbons (Fsp3) is 0.448. The van der Waals surface area contributed by atoms with Crippen molar-refractivity contribution in [3.05, 3.63) is 62.0 Å². The molecule has 2 aliphatic heterocycles. The summed E-state index contributed by atoms with van der Waals surface area (Å²) in [7, 11) is 0. The van der Waals surface area contributed by atoms with E-state index >= 15 is 0 Å². The smallest absolute Gasteiger partial charge is 0.270 e. The number of anilines is 2. The van der Waals surface area contributed by atoms with Crippen molar-refractivity contribution in [3.8, 4) is 6.07 Å². The summed E-state index contributed by atoms with van der Waals surface area (Å²) in [6.45, 7) is 10.5. The lowest BCUT2D eigenvalue weighted by Crippen LogP contribution is -2.49. The highest BCUT2D eigenvalue weighted by molar-refractivity contribution is 8.26. The summed E-state index contributed by atoms with van der Waals surface area (Å²) in [6.07, 6.45) is 4.23. The minimum Gasteiger partial charge on any atom is -0.366 e. The number of carbonyl (C=O) groups excluding carboxylic acids is 1. The van der Waals surface area contributed by atoms with Crippen molar-refractivity contribution >= 4 is 51.8 Å². The summed E-state index contributed by atoms with van der Waals surface area (Å²) in [5, 5.41) is 9.92. The monoisotopic (exact) mass is 567 g/mol. The number of hydrogen-bond donors (Lipinski definition) is 0. The number of halogens is 1. The average molecular weight is 568 g/mol. The normalized spacial score (nSPS) is 17.7. The van der Waals surface area contributed by atoms with E-state index in [9.17, 15) is 19.2 Å². The lowest BCUT2D eigenvalue weighted by molar-refractivity contribution is -0.123. The molecule has 2 fully saturated rings. The number of aromatic nitrogens is 1. The van der Waals surface area contributed by atoms with Crippen LogP contribution in [-0.4, -0.2) is 51.9 Å². The van der Waals surface area contributed by atoms with Crippen molar-refractivity contribution in [1.82, 2.24) is 9.47 Å². The van der Waals surface area contributed by atoms with Gasteiger partial charge in [0.05, 0.1) is 10.6 Å². The van der Waals surface area contributed by atoms with Crippen molar-refractivity contribution in [2.75, 3.05) is 36.0 Å². The van der Waals surface area contributed by atoms with Crippen LogP contribution in [0.3, 0.4) is 0 Å². The molecule has 0 N–H and O–H groups in total. The van der Waals surface area contributed by atoms with E-state index < -0.39 is 0 Å². The number of pyridine rings is 1. The first kappa shape index (κ1) is 28.8. The lowest BCUT2D eigenvalue weighted by Gasteiger charge is -2.39. The van der Waals surface area contributed by atoms with E-state index in [1.165, 1.54) is 17.8 Å². The van der Waals surface area contributed by atoms with Gasteiger partial charge in [-0.3, -0.25) is 19.1 Å². The molecule has 2 aromatic rings. The van der Waals surface area contributed by atoms with Gasteiger partial charge in [0.1, 0.15) is 27.6 Å². The van der Waals surface area contributed by atoms with Crippen LogP contribution in [-0.2, 0) is 11.3 Å². The third kappa shape index (κ3) is 5.61. The number of para-hydroxylation sites is 1. The fourth-order valence-electron chi connectivity index (χ4n) is 5.05. The first-order chi connectivity index (χ1) is 18.7. The van der Waals surface area contributed by atoms with Crippen molar-refractivity contribution < 1.29 is 9.18 Å². The summed E-state index contributed by atoms with van der Waals surface area (Å²) in [4.78, 5) is 33.2. The first-order valence-corrected chi connectivity index (χ1v) is 14.6. The van der Waals surface area contributed by atoms with Crippen molar-refractivity contribution in [2.45, 2.75) is 59.5 Å². The molecular formula is C29H34FN5O2S2. The standard InChI is InChI=1S/C29H34FN5O2S2/c1-5-7-12-34-26(33-15-13-32(14-16-33)24-11-9-8-10-23(24)30)21(20(4)22(18-31)27(34)36)17-25-28(37)35(19(3)6-2)29(38)39-25/h8-11,17,19H,5-7,12-16H2,1-4H3. The molecule has 3 heterocycles. The van der Waals surface area contributed by atoms with E-state index in [1.807, 2.05) is 24.8 Å². The van der Waals surface area contributed by atoms with Gasteiger partial charge in [0.15, 0.2) is 0 Å². The van der Waals surface area contributed by atoms with E-state index in [4.69, 9.17) is 12.2 Å². The molecule has 2 aliphatic rings. The maximum Gasteiger partial charge on any atom is 0.270 e. The number of nitriles is 1. The maximum atomic E-state index is 14.5. The molecule has 10 heteroatoms. The molecule has 0 spiro atoms. The van der Waals surface area contributed by atoms with Crippen LogP contribution in [0.4, 0.5) is 15.9 Å². The highest BCUT2D eigenvalue weighted by Crippen LogP contribution is 2.37. The minimum absolute atomic E-state index is 0.0244. The Labute approximate surface area is 238 Å². The molecule has 7 nitrogen and oxygen atoms in total. The van der Waals surface area contributed by atoms with Crippen LogP contribution in [0.15, 0.2) is 34.0 Å². The Morgan fingerprint density at radius 3 is 2.44 bits per heavy atom. The molecule has 206 valence electrons. The van der Waals surface area contributed by atoms with Gasteiger partial charge in [0, 0.05) is 44.3 Å². The molecule has 0 aliphatic carbocycles. The molecule has 1 amide bonds. The summed E-state index contributed by atoms with van der Waals surface area (Å²) in [5.41, 5.74) is 1.56. The number of benzene rings is 1. The molecule has 0 saturated carbocycles. The predicted octanol–water partition coefficient (Wildman–Crippen LogP) is 5.29. The van der Waals surface area contributed by atoms with Gasteiger partial charge in [0.2, 0.25) is 0 Å². The van der Waals surface area contributed by atoms with Crippen LogP contribution in [0, 0.1) is 24.1 Å². The Kier molecular flexibility index (Phi) is 9.13. The molecule has 4 rings (SSSR count). The van der Waals surface area contributed by atoms with Gasteiger partial charge < -0.3 is 9.80 Å². The summed E-state index contributed by atoms with van der Waals surface area (Å²) >= 11 is 6.79. The molecule has 1 unspecified atom stereocenters. The third-order valence-corrected chi connectivity index (χ3v) is 8.81. The number of rotatable bonds is 8. The van der Waals surface area contributed by atoms with Crippen LogP contribution in [0.2, 0.25) is 0 Å². The second-order valence-corrected chi connectivity index (χ2v) is 11.6. The molecule has 1 aromatic heterocycles. The summed E-state index contributed by atoms with van der Waals surface area (Å²) in [5.74, 6) is 0.287. The van der Waals surface area contributed by atoms with Crippen molar-refractivity contribution in [2.24, 2.45) is 0 Å². The second kappa shape index (κ2) is 12.3. The Bertz CT molecular complexity index is 1410. The minimum atomic E-state index is -0.320. The number of piperazine rings is 1. The average Bonchev–Trinajstić information content (AvgIpc) is 3.22. The number of unbranched alkanes of at least 4 members (excludes halogenated alkanes) is 1. The number of hydrogen-bond acceptors (Lipinski definition) is 7. The number of thioether (sulfide) groups is 1. The maximum absolute atomic E-state index is 14.5. The molecule has 0 bridgehead atoms. The van der Waals surface area contributed by atoms with E-state index in [-0.39, 0.29) is 28.9 Å². The Morgan fingerprint density at radius 1 is 1.15 bits per heavy atom. The highest BCUT2D eigenvalue weighted by atomic mass is 32.2. The first-order valence-electron chi connectivity index (χ1n) is 13.4. The zero-order valence-electron chi connectivity index (χ0n) is 22.9. The summed E-state index contributed by atoms with van der Waals surface area (Å²) in [6, 6.07) is 8.82. The number of carbonyl (C=O) groups is 1. The van der Waals surface area contributed by atoms with Crippen molar-refractivity contribution in [3.63, 3.8) is 0 Å². The Morgan fingerprint density at radius 2 is 1.82 bits per heavy atom. The van der Waals surface area contributed by atoms with Crippen molar-refractivity contribution in [1.29, 1.82) is 5.26 Å². The molecule has 1 atom stereocenters. The number of nitrogens with zero attached hydrogens (tertiary/aromatic N) is 5. The van der Waals surface area contributed by atoms with E-state index in [2.05, 4.69) is 17.9 Å². The van der Waals surface area contributed by atoms with Gasteiger partial charge >= 0.3 is 0 Å². The zero-order valence-corrected chi connectivity index (χ0v) is 24.5. The van der Waals surface area contributed by atoms with Gasteiger partial charge in [-0.2, -0.15) is 5.26 Å². The van der Waals surface area contributed by atoms with Gasteiger partial charge in [-0.05, 0) is 50.5 Å². The second-order valence-electron chi connectivity index (χ2n) is 9.89. The van der Waals surface area contributed by atoms with Gasteiger partial charge in [-0.25, -0.2) is 4.39 Å². The molecule has 0 radical (unpaired) electrons. The SMILES string of the molecule is CCCCn1c(N2CCN(c3ccccc3F)CC2)c(C=C2SC(=S)N(C(C)CC)C2=O)c(C)c(C#N)c1=O. The topological polar surface area (TPSA) is 72.6 Å². The third-order valence-electron chi connectivity index (χ3n) is 7.48. The Balaban J connectivity index is 1.81. The van der Waals surface area contributed by atoms with E-state index in [0.29, 0.717) is 64.6 Å². The van der Waals surface area contributed by atoms with Gasteiger partial charge in [-0.1, -0.05) is 56.4 Å². The molecule has 1 aromatic carbocycles. The van der Waals surface area contributed by atoms with Crippen LogP contribution >= 0.6 is 24.0 Å². The van der Waals surface area contributed by atoms with Gasteiger partial charge in [0.25, 0.3) is 11.5 Å². The van der Waals surface area contributed by atoms with Gasteiger partial charge in [-0.15, -0.1) is 0 Å². The largest absolute Gasteiger partial charge is 0.366 e. The Hall–Kier alpha value is -3.16. The number of amides is 1. The quantitative estimate of drug-likeness (QED) is 0.317. The molecule has 39 heavy (non-hydrogen) atoms. The molecular weight excluding hydrogens is 533 g/mol. The molecule has 2 saturated heterocycles. The summed E-state index contributed by atoms with van der Waals surface area (Å²) < 4.78 is 16.7. The van der Waals surface area contributed by atoms with Crippen LogP contribution in [0.1, 0.15) is 56.7 Å². The highest BCUT2D eigenvalue weighted by Gasteiger charge is 2.36. The van der Waals surface area contributed by atoms with E-state index in [1.54, 1.807) is 34.6 Å².